The van der Waals surface area contributed by atoms with Crippen LogP contribution >= 0.6 is 0 Å². The molecule has 1 aromatic heterocycles. The van der Waals surface area contributed by atoms with E-state index in [1.807, 2.05) is 42.5 Å². The highest BCUT2D eigenvalue weighted by molar-refractivity contribution is 5.72. The Labute approximate surface area is 177 Å². The molecule has 0 saturated carbocycles. The van der Waals surface area contributed by atoms with E-state index in [4.69, 9.17) is 9.47 Å². The summed E-state index contributed by atoms with van der Waals surface area (Å²) in [6.07, 6.45) is 0. The number of rotatable bonds is 10. The molecule has 2 aromatic carbocycles. The van der Waals surface area contributed by atoms with Gasteiger partial charge in [0.05, 0.1) is 7.11 Å². The van der Waals surface area contributed by atoms with Gasteiger partial charge in [0, 0.05) is 38.2 Å². The quantitative estimate of drug-likeness (QED) is 0.505. The number of carbonyl (C=O) groups is 1. The van der Waals surface area contributed by atoms with Crippen molar-refractivity contribution in [2.75, 3.05) is 20.2 Å². The molecular formula is C24H27N3O3. The first-order valence-electron chi connectivity index (χ1n) is 9.92. The molecule has 0 aliphatic carbocycles. The van der Waals surface area contributed by atoms with Crippen LogP contribution in [0, 0.1) is 0 Å². The lowest BCUT2D eigenvalue weighted by atomic mass is 10.0. The fourth-order valence-corrected chi connectivity index (χ4v) is 3.02. The van der Waals surface area contributed by atoms with Crippen molar-refractivity contribution < 1.29 is 14.3 Å². The van der Waals surface area contributed by atoms with Crippen molar-refractivity contribution in [3.05, 3.63) is 77.9 Å². The van der Waals surface area contributed by atoms with Gasteiger partial charge in [-0.25, -0.2) is 0 Å². The van der Waals surface area contributed by atoms with Crippen LogP contribution in [0.15, 0.2) is 66.7 Å². The normalized spacial score (nSPS) is 10.5. The molecule has 0 fully saturated rings. The van der Waals surface area contributed by atoms with Crippen LogP contribution < -0.4 is 20.1 Å². The molecule has 3 aromatic rings. The molecule has 6 nitrogen and oxygen atoms in total. The van der Waals surface area contributed by atoms with E-state index in [1.54, 1.807) is 7.11 Å². The Hall–Kier alpha value is -3.38. The SMILES string of the molecule is COc1nc(OCc2cccc(-c3ccccc3)c2)ccc1CNCCNC(C)=O. The largest absolute Gasteiger partial charge is 0.481 e. The van der Waals surface area contributed by atoms with Crippen LogP contribution in [0.25, 0.3) is 11.1 Å². The van der Waals surface area contributed by atoms with Crippen molar-refractivity contribution in [2.45, 2.75) is 20.1 Å². The number of nitrogens with one attached hydrogen (secondary N) is 2. The fraction of sp³-hybridized carbons (Fsp3) is 0.250. The molecule has 0 bridgehead atoms. The first-order valence-corrected chi connectivity index (χ1v) is 9.92. The highest BCUT2D eigenvalue weighted by atomic mass is 16.5. The van der Waals surface area contributed by atoms with Crippen molar-refractivity contribution in [2.24, 2.45) is 0 Å². The van der Waals surface area contributed by atoms with Crippen molar-refractivity contribution >= 4 is 5.91 Å². The van der Waals surface area contributed by atoms with Gasteiger partial charge in [0.15, 0.2) is 0 Å². The third kappa shape index (κ3) is 6.32. The second kappa shape index (κ2) is 11.0. The molecule has 30 heavy (non-hydrogen) atoms. The maximum Gasteiger partial charge on any atom is 0.220 e. The number of nitrogens with zero attached hydrogens (tertiary/aromatic N) is 1. The zero-order chi connectivity index (χ0) is 21.2. The van der Waals surface area contributed by atoms with E-state index in [9.17, 15) is 4.79 Å². The number of amides is 1. The molecule has 1 heterocycles. The zero-order valence-corrected chi connectivity index (χ0v) is 17.4. The van der Waals surface area contributed by atoms with Gasteiger partial charge < -0.3 is 20.1 Å². The Morgan fingerprint density at radius 3 is 2.53 bits per heavy atom. The smallest absolute Gasteiger partial charge is 0.220 e. The topological polar surface area (TPSA) is 72.5 Å². The molecule has 156 valence electrons. The Morgan fingerprint density at radius 2 is 1.77 bits per heavy atom. The summed E-state index contributed by atoms with van der Waals surface area (Å²) in [6, 6.07) is 22.3. The number of carbonyl (C=O) groups excluding carboxylic acids is 1. The number of ether oxygens (including phenoxy) is 2. The van der Waals surface area contributed by atoms with E-state index in [0.717, 1.165) is 16.7 Å². The Balaban J connectivity index is 1.57. The Bertz CT molecular complexity index is 961. The van der Waals surface area contributed by atoms with Gasteiger partial charge in [0.1, 0.15) is 6.61 Å². The lowest BCUT2D eigenvalue weighted by Crippen LogP contribution is -2.30. The number of pyridine rings is 1. The zero-order valence-electron chi connectivity index (χ0n) is 17.4. The van der Waals surface area contributed by atoms with Gasteiger partial charge in [0.25, 0.3) is 0 Å². The van der Waals surface area contributed by atoms with E-state index in [1.165, 1.54) is 12.5 Å². The highest BCUT2D eigenvalue weighted by Gasteiger charge is 2.08. The van der Waals surface area contributed by atoms with Crippen LogP contribution in [-0.4, -0.2) is 31.1 Å². The van der Waals surface area contributed by atoms with Gasteiger partial charge in [-0.15, -0.1) is 0 Å². The second-order valence-electron chi connectivity index (χ2n) is 6.83. The summed E-state index contributed by atoms with van der Waals surface area (Å²) in [5.74, 6) is 1.00. The van der Waals surface area contributed by atoms with E-state index in [2.05, 4.69) is 39.9 Å². The predicted octanol–water partition coefficient (Wildman–Crippen LogP) is 3.56. The minimum atomic E-state index is -0.0353. The molecule has 0 radical (unpaired) electrons. The number of methoxy groups -OCH3 is 1. The van der Waals surface area contributed by atoms with E-state index >= 15 is 0 Å². The lowest BCUT2D eigenvalue weighted by molar-refractivity contribution is -0.118. The van der Waals surface area contributed by atoms with Gasteiger partial charge in [-0.2, -0.15) is 4.98 Å². The number of benzene rings is 2. The first-order chi connectivity index (χ1) is 14.7. The highest BCUT2D eigenvalue weighted by Crippen LogP contribution is 2.23. The van der Waals surface area contributed by atoms with Crippen LogP contribution in [-0.2, 0) is 17.9 Å². The minimum Gasteiger partial charge on any atom is -0.481 e. The summed E-state index contributed by atoms with van der Waals surface area (Å²) in [5, 5.41) is 6.00. The summed E-state index contributed by atoms with van der Waals surface area (Å²) < 4.78 is 11.3. The van der Waals surface area contributed by atoms with Crippen LogP contribution in [0.2, 0.25) is 0 Å². The molecule has 1 amide bonds. The molecule has 0 aliphatic rings. The molecular weight excluding hydrogens is 378 g/mol. The van der Waals surface area contributed by atoms with E-state index in [-0.39, 0.29) is 5.91 Å². The lowest BCUT2D eigenvalue weighted by Gasteiger charge is -2.12. The average Bonchev–Trinajstić information content (AvgIpc) is 2.78. The summed E-state index contributed by atoms with van der Waals surface area (Å²) in [5.41, 5.74) is 4.33. The van der Waals surface area contributed by atoms with Gasteiger partial charge >= 0.3 is 0 Å². The van der Waals surface area contributed by atoms with E-state index in [0.29, 0.717) is 38.0 Å². The van der Waals surface area contributed by atoms with Gasteiger partial charge in [0.2, 0.25) is 17.7 Å². The van der Waals surface area contributed by atoms with Crippen molar-refractivity contribution in [1.29, 1.82) is 0 Å². The van der Waals surface area contributed by atoms with Crippen LogP contribution in [0.4, 0.5) is 0 Å². The molecule has 0 saturated heterocycles. The maximum absolute atomic E-state index is 10.9. The van der Waals surface area contributed by atoms with E-state index < -0.39 is 0 Å². The van der Waals surface area contributed by atoms with Crippen LogP contribution in [0.1, 0.15) is 18.1 Å². The van der Waals surface area contributed by atoms with Gasteiger partial charge in [-0.3, -0.25) is 4.79 Å². The average molecular weight is 405 g/mol. The van der Waals surface area contributed by atoms with Crippen molar-refractivity contribution in [1.82, 2.24) is 15.6 Å². The maximum atomic E-state index is 10.9. The third-order valence-corrected chi connectivity index (χ3v) is 4.52. The predicted molar refractivity (Wildman–Crippen MR) is 117 cm³/mol. The number of aromatic nitrogens is 1. The molecule has 0 unspecified atom stereocenters. The van der Waals surface area contributed by atoms with Crippen LogP contribution in [0.5, 0.6) is 11.8 Å². The third-order valence-electron chi connectivity index (χ3n) is 4.52. The molecule has 6 heteroatoms. The summed E-state index contributed by atoms with van der Waals surface area (Å²) >= 11 is 0. The Kier molecular flexibility index (Phi) is 7.80. The first kappa shape index (κ1) is 21.3. The van der Waals surface area contributed by atoms with Gasteiger partial charge in [-0.1, -0.05) is 48.5 Å². The summed E-state index contributed by atoms with van der Waals surface area (Å²) in [6.45, 7) is 3.76. The summed E-state index contributed by atoms with van der Waals surface area (Å²) in [4.78, 5) is 15.3. The molecule has 2 N–H and O–H groups in total. The van der Waals surface area contributed by atoms with Crippen molar-refractivity contribution in [3.63, 3.8) is 0 Å². The second-order valence-corrected chi connectivity index (χ2v) is 6.83. The molecule has 0 atom stereocenters. The molecule has 3 rings (SSSR count). The number of hydrogen-bond donors (Lipinski definition) is 2. The Morgan fingerprint density at radius 1 is 0.967 bits per heavy atom. The standard InChI is InChI=1S/C24H27N3O3/c1-18(28)26-14-13-25-16-22-11-12-23(27-24(22)29-2)30-17-19-7-6-10-21(15-19)20-8-4-3-5-9-20/h3-12,15,25H,13-14,16-17H2,1-2H3,(H,26,28). The number of hydrogen-bond acceptors (Lipinski definition) is 5. The van der Waals surface area contributed by atoms with Crippen molar-refractivity contribution in [3.8, 4) is 22.9 Å². The fourth-order valence-electron chi connectivity index (χ4n) is 3.02. The molecule has 0 spiro atoms. The monoisotopic (exact) mass is 405 g/mol. The van der Waals surface area contributed by atoms with Crippen LogP contribution in [0.3, 0.4) is 0 Å². The summed E-state index contributed by atoms with van der Waals surface area (Å²) in [7, 11) is 1.59. The minimum absolute atomic E-state index is 0.0353. The molecule has 0 aliphatic heterocycles. The van der Waals surface area contributed by atoms with Gasteiger partial charge in [-0.05, 0) is 28.8 Å².